The number of rotatable bonds is 13. The van der Waals surface area contributed by atoms with Crippen LogP contribution < -0.4 is 20.0 Å². The van der Waals surface area contributed by atoms with Crippen LogP contribution in [0.4, 0.5) is 5.69 Å². The standard InChI is InChI=1S/C23H29N2O8PS/c1-3-5-13-30-34(27,31-14-6-4-2)25-19-10-7-17(8-11-19)21-15-18-9-12-20(33-35(24,28)29)16-22(18)32-23(21)26/h7-12,15-16H,3-6,13-14H2,1-2H3,(H,25,27)(H2,24,28,29). The summed E-state index contributed by atoms with van der Waals surface area (Å²) in [5.41, 5.74) is 0.908. The molecular formula is C23H29N2O8PS. The van der Waals surface area contributed by atoms with Gasteiger partial charge in [-0.05, 0) is 48.7 Å². The molecule has 0 radical (unpaired) electrons. The monoisotopic (exact) mass is 524 g/mol. The Morgan fingerprint density at radius 3 is 2.17 bits per heavy atom. The third-order valence-electron chi connectivity index (χ3n) is 4.90. The molecule has 0 bridgehead atoms. The van der Waals surface area contributed by atoms with Crippen LogP contribution in [0.5, 0.6) is 5.75 Å². The number of nitrogens with one attached hydrogen (secondary N) is 1. The largest absolute Gasteiger partial charge is 0.432 e. The normalized spacial score (nSPS) is 12.1. The van der Waals surface area contributed by atoms with Gasteiger partial charge in [-0.15, -0.1) is 0 Å². The topological polar surface area (TPSA) is 147 Å². The predicted octanol–water partition coefficient (Wildman–Crippen LogP) is 5.20. The number of anilines is 1. The highest BCUT2D eigenvalue weighted by Gasteiger charge is 2.24. The molecule has 0 saturated carbocycles. The molecule has 10 nitrogen and oxygen atoms in total. The SMILES string of the molecule is CCCCOP(=O)(Nc1ccc(-c2cc3ccc(OS(N)(=O)=O)cc3oc2=O)cc1)OCCCC. The number of unbranched alkanes of at least 4 members (excludes halogenated alkanes) is 2. The van der Waals surface area contributed by atoms with Crippen LogP contribution >= 0.6 is 7.75 Å². The minimum Gasteiger partial charge on any atom is -0.422 e. The van der Waals surface area contributed by atoms with Crippen molar-refractivity contribution in [3.63, 3.8) is 0 Å². The van der Waals surface area contributed by atoms with Crippen LogP contribution in [0, 0.1) is 0 Å². The minimum atomic E-state index is -4.20. The van der Waals surface area contributed by atoms with E-state index in [2.05, 4.69) is 9.27 Å². The van der Waals surface area contributed by atoms with Crippen molar-refractivity contribution < 1.29 is 30.6 Å². The van der Waals surface area contributed by atoms with Gasteiger partial charge in [-0.3, -0.25) is 14.1 Å². The second-order valence-electron chi connectivity index (χ2n) is 7.78. The summed E-state index contributed by atoms with van der Waals surface area (Å²) in [5, 5.41) is 8.29. The zero-order chi connectivity index (χ0) is 25.5. The minimum absolute atomic E-state index is 0.0712. The van der Waals surface area contributed by atoms with Crippen molar-refractivity contribution in [3.05, 3.63) is 59.0 Å². The highest BCUT2D eigenvalue weighted by molar-refractivity contribution is 7.84. The zero-order valence-electron chi connectivity index (χ0n) is 19.6. The Morgan fingerprint density at radius 2 is 1.60 bits per heavy atom. The van der Waals surface area contributed by atoms with Crippen molar-refractivity contribution in [1.82, 2.24) is 0 Å². The molecule has 0 aliphatic carbocycles. The molecule has 3 N–H and O–H groups in total. The van der Waals surface area contributed by atoms with Gasteiger partial charge >= 0.3 is 23.7 Å². The molecule has 3 aromatic rings. The lowest BCUT2D eigenvalue weighted by Crippen LogP contribution is -2.18. The van der Waals surface area contributed by atoms with Gasteiger partial charge in [0.1, 0.15) is 11.3 Å². The predicted molar refractivity (Wildman–Crippen MR) is 135 cm³/mol. The van der Waals surface area contributed by atoms with E-state index >= 15 is 0 Å². The fourth-order valence-electron chi connectivity index (χ4n) is 3.12. The molecule has 0 amide bonds. The molecule has 3 rings (SSSR count). The Bertz CT molecular complexity index is 1340. The first kappa shape index (κ1) is 26.9. The van der Waals surface area contributed by atoms with Gasteiger partial charge in [-0.2, -0.15) is 13.6 Å². The maximum Gasteiger partial charge on any atom is 0.432 e. The van der Waals surface area contributed by atoms with Crippen molar-refractivity contribution in [2.24, 2.45) is 5.14 Å². The van der Waals surface area contributed by atoms with E-state index in [1.165, 1.54) is 12.1 Å². The lowest BCUT2D eigenvalue weighted by Gasteiger charge is -2.20. The molecule has 0 saturated heterocycles. The molecule has 190 valence electrons. The molecule has 2 aromatic carbocycles. The van der Waals surface area contributed by atoms with Crippen LogP contribution in [0.2, 0.25) is 0 Å². The molecule has 0 atom stereocenters. The van der Waals surface area contributed by atoms with Gasteiger partial charge in [0.05, 0.1) is 18.8 Å². The average Bonchev–Trinajstić information content (AvgIpc) is 2.78. The first-order valence-corrected chi connectivity index (χ1v) is 14.2. The number of hydrogen-bond donors (Lipinski definition) is 2. The highest BCUT2D eigenvalue weighted by Crippen LogP contribution is 2.48. The van der Waals surface area contributed by atoms with Gasteiger partial charge in [0.2, 0.25) is 0 Å². The van der Waals surface area contributed by atoms with E-state index in [-0.39, 0.29) is 11.3 Å². The summed E-state index contributed by atoms with van der Waals surface area (Å²) in [7, 11) is -7.75. The van der Waals surface area contributed by atoms with E-state index in [0.29, 0.717) is 35.4 Å². The van der Waals surface area contributed by atoms with Gasteiger partial charge in [0.25, 0.3) is 0 Å². The quantitative estimate of drug-likeness (QED) is 0.175. The van der Waals surface area contributed by atoms with Crippen LogP contribution in [0.15, 0.2) is 57.7 Å². The second kappa shape index (κ2) is 11.8. The van der Waals surface area contributed by atoms with Gasteiger partial charge in [-0.1, -0.05) is 38.8 Å². The summed E-state index contributed by atoms with van der Waals surface area (Å²) >= 11 is 0. The number of fused-ring (bicyclic) bond motifs is 1. The molecular weight excluding hydrogens is 495 g/mol. The fourth-order valence-corrected chi connectivity index (χ4v) is 4.90. The summed E-state index contributed by atoms with van der Waals surface area (Å²) in [6, 6.07) is 12.5. The lowest BCUT2D eigenvalue weighted by atomic mass is 10.1. The van der Waals surface area contributed by atoms with E-state index < -0.39 is 23.7 Å². The third-order valence-corrected chi connectivity index (χ3v) is 6.90. The fraction of sp³-hybridized carbons (Fsp3) is 0.348. The van der Waals surface area contributed by atoms with Gasteiger partial charge < -0.3 is 8.60 Å². The summed E-state index contributed by atoms with van der Waals surface area (Å²) in [5.74, 6) is -0.0712. The maximum atomic E-state index is 13.1. The van der Waals surface area contributed by atoms with Crippen molar-refractivity contribution in [2.45, 2.75) is 39.5 Å². The Hall–Kier alpha value is -2.69. The molecule has 0 aliphatic rings. The van der Waals surface area contributed by atoms with E-state index in [4.69, 9.17) is 18.6 Å². The summed E-state index contributed by atoms with van der Waals surface area (Å²) in [6.07, 6.45) is 3.32. The molecule has 1 aromatic heterocycles. The van der Waals surface area contributed by atoms with Crippen LogP contribution in [0.25, 0.3) is 22.1 Å². The molecule has 0 fully saturated rings. The first-order valence-electron chi connectivity index (χ1n) is 11.2. The van der Waals surface area contributed by atoms with Crippen molar-refractivity contribution >= 4 is 34.7 Å². The van der Waals surface area contributed by atoms with E-state index in [1.807, 2.05) is 13.8 Å². The Balaban J connectivity index is 1.81. The van der Waals surface area contributed by atoms with E-state index in [1.54, 1.807) is 36.4 Å². The second-order valence-corrected chi connectivity index (χ2v) is 10.7. The number of nitrogens with two attached hydrogens (primary N) is 1. The summed E-state index contributed by atoms with van der Waals surface area (Å²) < 4.78 is 56.4. The van der Waals surface area contributed by atoms with E-state index in [0.717, 1.165) is 25.7 Å². The highest BCUT2D eigenvalue weighted by atomic mass is 32.2. The van der Waals surface area contributed by atoms with Crippen LogP contribution in [-0.2, 0) is 23.9 Å². The smallest absolute Gasteiger partial charge is 0.422 e. The van der Waals surface area contributed by atoms with Crippen molar-refractivity contribution in [3.8, 4) is 16.9 Å². The van der Waals surface area contributed by atoms with E-state index in [9.17, 15) is 17.8 Å². The third kappa shape index (κ3) is 7.91. The molecule has 0 aliphatic heterocycles. The molecule has 0 spiro atoms. The van der Waals surface area contributed by atoms with Crippen LogP contribution in [0.3, 0.4) is 0 Å². The summed E-state index contributed by atoms with van der Waals surface area (Å²) in [6.45, 7) is 4.65. The molecule has 1 heterocycles. The van der Waals surface area contributed by atoms with Gasteiger partial charge in [0, 0.05) is 17.1 Å². The summed E-state index contributed by atoms with van der Waals surface area (Å²) in [4.78, 5) is 12.6. The average molecular weight is 525 g/mol. The number of hydrogen-bond acceptors (Lipinski definition) is 8. The van der Waals surface area contributed by atoms with Crippen LogP contribution in [0.1, 0.15) is 39.5 Å². The van der Waals surface area contributed by atoms with Gasteiger partial charge in [-0.25, -0.2) is 9.36 Å². The molecule has 0 unspecified atom stereocenters. The van der Waals surface area contributed by atoms with Gasteiger partial charge in [0.15, 0.2) is 0 Å². The Kier molecular flexibility index (Phi) is 9.09. The zero-order valence-corrected chi connectivity index (χ0v) is 21.3. The van der Waals surface area contributed by atoms with Crippen molar-refractivity contribution in [2.75, 3.05) is 18.3 Å². The molecule has 12 heteroatoms. The first-order chi connectivity index (χ1) is 16.6. The molecule has 35 heavy (non-hydrogen) atoms. The maximum absolute atomic E-state index is 13.1. The van der Waals surface area contributed by atoms with Crippen molar-refractivity contribution in [1.29, 1.82) is 0 Å². The Morgan fingerprint density at radius 1 is 0.971 bits per heavy atom. The number of benzene rings is 2. The Labute approximate surface area is 204 Å². The lowest BCUT2D eigenvalue weighted by molar-refractivity contribution is 0.204. The van der Waals surface area contributed by atoms with Crippen LogP contribution in [-0.4, -0.2) is 21.6 Å².